The molecule has 6 heteroatoms. The van der Waals surface area contributed by atoms with Crippen molar-refractivity contribution < 1.29 is 26.7 Å². The summed E-state index contributed by atoms with van der Waals surface area (Å²) in [6.07, 6.45) is 4.65. The fraction of sp³-hybridized carbons (Fsp3) is 0.556. The van der Waals surface area contributed by atoms with Crippen LogP contribution in [-0.2, 0) is 0 Å². The zero-order valence-corrected chi connectivity index (χ0v) is 13.5. The number of hydrogen-bond acceptors (Lipinski definition) is 1. The summed E-state index contributed by atoms with van der Waals surface area (Å²) in [5.74, 6) is -3.42. The van der Waals surface area contributed by atoms with Gasteiger partial charge >= 0.3 is 6.36 Å². The van der Waals surface area contributed by atoms with Crippen LogP contribution in [0.1, 0.15) is 56.9 Å². The Morgan fingerprint density at radius 3 is 2.17 bits per heavy atom. The molecule has 0 aromatic heterocycles. The van der Waals surface area contributed by atoms with Gasteiger partial charge in [0.2, 0.25) is 5.75 Å². The van der Waals surface area contributed by atoms with Crippen LogP contribution in [0, 0.1) is 17.6 Å². The normalized spacial score (nSPS) is 22.1. The zero-order valence-electron chi connectivity index (χ0n) is 13.5. The Bertz CT molecular complexity index is 548. The Balaban J connectivity index is 2.01. The van der Waals surface area contributed by atoms with Gasteiger partial charge in [0.15, 0.2) is 11.6 Å². The first-order valence-corrected chi connectivity index (χ1v) is 8.16. The third kappa shape index (κ3) is 5.21. The lowest BCUT2D eigenvalue weighted by Gasteiger charge is -2.29. The number of benzene rings is 1. The van der Waals surface area contributed by atoms with Crippen LogP contribution in [0.25, 0.3) is 0 Å². The molecule has 0 spiro atoms. The number of rotatable bonds is 5. The first-order valence-electron chi connectivity index (χ1n) is 8.16. The van der Waals surface area contributed by atoms with Crippen molar-refractivity contribution in [3.63, 3.8) is 0 Å². The molecule has 1 aliphatic rings. The molecule has 2 rings (SSSR count). The molecule has 1 aliphatic carbocycles. The van der Waals surface area contributed by atoms with E-state index in [2.05, 4.69) is 10.8 Å². The molecule has 0 saturated heterocycles. The summed E-state index contributed by atoms with van der Waals surface area (Å²) < 4.78 is 67.5. The van der Waals surface area contributed by atoms with Gasteiger partial charge in [0.05, 0.1) is 0 Å². The molecular weight excluding hydrogens is 327 g/mol. The minimum absolute atomic E-state index is 0.0214. The average molecular weight is 348 g/mol. The highest BCUT2D eigenvalue weighted by molar-refractivity contribution is 5.33. The van der Waals surface area contributed by atoms with Crippen molar-refractivity contribution in [1.82, 2.24) is 0 Å². The van der Waals surface area contributed by atoms with E-state index in [1.807, 2.05) is 13.0 Å². The van der Waals surface area contributed by atoms with E-state index < -0.39 is 23.7 Å². The maximum absolute atomic E-state index is 13.8. The Kier molecular flexibility index (Phi) is 6.24. The van der Waals surface area contributed by atoms with Crippen LogP contribution in [0.3, 0.4) is 0 Å². The second-order valence-corrected chi connectivity index (χ2v) is 6.23. The summed E-state index contributed by atoms with van der Waals surface area (Å²) in [4.78, 5) is 0. The molecule has 1 aromatic carbocycles. The number of ether oxygens (including phenoxy) is 1. The highest BCUT2D eigenvalue weighted by Gasteiger charge is 2.34. The van der Waals surface area contributed by atoms with Gasteiger partial charge in [-0.1, -0.05) is 12.2 Å². The summed E-state index contributed by atoms with van der Waals surface area (Å²) >= 11 is 0. The molecule has 1 saturated carbocycles. The molecular formula is C18H21F5O. The van der Waals surface area contributed by atoms with Crippen molar-refractivity contribution in [2.45, 2.75) is 57.7 Å². The van der Waals surface area contributed by atoms with Crippen molar-refractivity contribution in [2.75, 3.05) is 0 Å². The molecule has 1 fully saturated rings. The lowest BCUT2D eigenvalue weighted by molar-refractivity contribution is -0.276. The first kappa shape index (κ1) is 18.7. The molecule has 1 aromatic rings. The van der Waals surface area contributed by atoms with Gasteiger partial charge in [0.25, 0.3) is 0 Å². The van der Waals surface area contributed by atoms with Gasteiger partial charge in [0.1, 0.15) is 0 Å². The fourth-order valence-electron chi connectivity index (χ4n) is 3.31. The quantitative estimate of drug-likeness (QED) is 0.436. The molecule has 1 nitrogen and oxygen atoms in total. The van der Waals surface area contributed by atoms with E-state index in [4.69, 9.17) is 0 Å². The number of allylic oxidation sites excluding steroid dienone is 2. The van der Waals surface area contributed by atoms with Crippen LogP contribution in [0.4, 0.5) is 22.0 Å². The van der Waals surface area contributed by atoms with Crippen molar-refractivity contribution in [2.24, 2.45) is 5.92 Å². The van der Waals surface area contributed by atoms with Crippen molar-refractivity contribution in [1.29, 1.82) is 0 Å². The highest BCUT2D eigenvalue weighted by Crippen LogP contribution is 2.39. The highest BCUT2D eigenvalue weighted by atomic mass is 19.4. The van der Waals surface area contributed by atoms with E-state index in [0.717, 1.165) is 50.7 Å². The van der Waals surface area contributed by atoms with Gasteiger partial charge in [0, 0.05) is 0 Å². The molecule has 0 aliphatic heterocycles. The molecule has 0 radical (unpaired) electrons. The number of hydrogen-bond donors (Lipinski definition) is 0. The maximum atomic E-state index is 13.8. The third-order valence-corrected chi connectivity index (χ3v) is 4.53. The Morgan fingerprint density at radius 1 is 1.08 bits per heavy atom. The standard InChI is InChI=1S/C18H21F5O/c1-2-3-4-5-12-6-8-13(9-7-12)14-10-15(19)17(16(20)11-14)24-18(21,22)23/h2-3,10-13H,4-9H2,1H3. The van der Waals surface area contributed by atoms with E-state index in [9.17, 15) is 22.0 Å². The predicted molar refractivity (Wildman–Crippen MR) is 81.8 cm³/mol. The van der Waals surface area contributed by atoms with Crippen LogP contribution in [0.5, 0.6) is 5.75 Å². The van der Waals surface area contributed by atoms with Gasteiger partial charge in [-0.25, -0.2) is 8.78 Å². The molecule has 0 bridgehead atoms. The fourth-order valence-corrected chi connectivity index (χ4v) is 3.31. The number of halogens is 5. The van der Waals surface area contributed by atoms with E-state index in [1.54, 1.807) is 0 Å². The van der Waals surface area contributed by atoms with Gasteiger partial charge in [-0.15, -0.1) is 13.2 Å². The lowest BCUT2D eigenvalue weighted by atomic mass is 9.77. The van der Waals surface area contributed by atoms with Crippen molar-refractivity contribution in [3.05, 3.63) is 41.5 Å². The Morgan fingerprint density at radius 2 is 1.67 bits per heavy atom. The summed E-state index contributed by atoms with van der Waals surface area (Å²) in [6.45, 7) is 1.98. The molecule has 0 unspecified atom stereocenters. The minimum atomic E-state index is -5.12. The monoisotopic (exact) mass is 348 g/mol. The van der Waals surface area contributed by atoms with E-state index >= 15 is 0 Å². The molecule has 134 valence electrons. The van der Waals surface area contributed by atoms with Gasteiger partial charge in [-0.2, -0.15) is 0 Å². The minimum Gasteiger partial charge on any atom is -0.399 e. The molecule has 0 atom stereocenters. The second kappa shape index (κ2) is 7.99. The summed E-state index contributed by atoms with van der Waals surface area (Å²) in [7, 11) is 0. The van der Waals surface area contributed by atoms with Gasteiger partial charge in [-0.05, 0) is 75.0 Å². The largest absolute Gasteiger partial charge is 0.573 e. The predicted octanol–water partition coefficient (Wildman–Crippen LogP) is 6.49. The van der Waals surface area contributed by atoms with E-state index in [0.29, 0.717) is 11.5 Å². The SMILES string of the molecule is CC=CCCC1CCC(c2cc(F)c(OC(F)(F)F)c(F)c2)CC1. The van der Waals surface area contributed by atoms with Crippen LogP contribution in [0.2, 0.25) is 0 Å². The van der Waals surface area contributed by atoms with Crippen LogP contribution in [0.15, 0.2) is 24.3 Å². The Hall–Kier alpha value is -1.59. The maximum Gasteiger partial charge on any atom is 0.573 e. The first-order chi connectivity index (χ1) is 11.3. The Labute approximate surface area is 138 Å². The van der Waals surface area contributed by atoms with Gasteiger partial charge in [-0.3, -0.25) is 0 Å². The van der Waals surface area contributed by atoms with Crippen molar-refractivity contribution in [3.8, 4) is 5.75 Å². The van der Waals surface area contributed by atoms with Gasteiger partial charge < -0.3 is 4.74 Å². The summed E-state index contributed by atoms with van der Waals surface area (Å²) in [6, 6.07) is 1.93. The smallest absolute Gasteiger partial charge is 0.399 e. The molecule has 0 amide bonds. The second-order valence-electron chi connectivity index (χ2n) is 6.23. The molecule has 24 heavy (non-hydrogen) atoms. The van der Waals surface area contributed by atoms with Crippen LogP contribution >= 0.6 is 0 Å². The lowest BCUT2D eigenvalue weighted by Crippen LogP contribution is -2.19. The third-order valence-electron chi connectivity index (χ3n) is 4.53. The zero-order chi connectivity index (χ0) is 17.7. The van der Waals surface area contributed by atoms with E-state index in [-0.39, 0.29) is 5.92 Å². The molecule has 0 N–H and O–H groups in total. The van der Waals surface area contributed by atoms with Crippen LogP contribution < -0.4 is 4.74 Å². The topological polar surface area (TPSA) is 9.23 Å². The average Bonchev–Trinajstić information content (AvgIpc) is 2.51. The van der Waals surface area contributed by atoms with Crippen molar-refractivity contribution >= 4 is 0 Å². The summed E-state index contributed by atoms with van der Waals surface area (Å²) in [5, 5.41) is 0. The molecule has 0 heterocycles. The van der Waals surface area contributed by atoms with E-state index in [1.165, 1.54) is 0 Å². The number of alkyl halides is 3. The van der Waals surface area contributed by atoms with Crippen LogP contribution in [-0.4, -0.2) is 6.36 Å². The summed E-state index contributed by atoms with van der Waals surface area (Å²) in [5.41, 5.74) is 0.409.